The number of anilines is 2. The average molecular weight is 377 g/mol. The summed E-state index contributed by atoms with van der Waals surface area (Å²) in [6.07, 6.45) is 5.79. The van der Waals surface area contributed by atoms with Gasteiger partial charge in [0.2, 0.25) is 10.0 Å². The second-order valence-corrected chi connectivity index (χ2v) is 10.1. The van der Waals surface area contributed by atoms with Crippen LogP contribution in [0.3, 0.4) is 0 Å². The molecule has 0 aliphatic carbocycles. The molecule has 142 valence electrons. The van der Waals surface area contributed by atoms with Gasteiger partial charge < -0.3 is 14.8 Å². The normalized spacial score (nSPS) is 21.7. The summed E-state index contributed by atoms with van der Waals surface area (Å²) >= 11 is 0. The molecule has 2 aliphatic heterocycles. The molecular formula is C19H28N4O2S. The van der Waals surface area contributed by atoms with E-state index in [-0.39, 0.29) is 0 Å². The van der Waals surface area contributed by atoms with Crippen LogP contribution in [-0.4, -0.2) is 62.2 Å². The monoisotopic (exact) mass is 376 g/mol. The molecule has 0 bridgehead atoms. The first-order chi connectivity index (χ1) is 12.3. The number of sulfonamides is 1. The van der Waals surface area contributed by atoms with Gasteiger partial charge in [0.25, 0.3) is 0 Å². The second kappa shape index (κ2) is 6.16. The molecule has 0 atom stereocenters. The Hall–Kier alpha value is -1.73. The van der Waals surface area contributed by atoms with Gasteiger partial charge in [0.1, 0.15) is 0 Å². The maximum Gasteiger partial charge on any atom is 0.211 e. The van der Waals surface area contributed by atoms with E-state index in [0.29, 0.717) is 19.6 Å². The van der Waals surface area contributed by atoms with Crippen LogP contribution in [0.15, 0.2) is 24.4 Å². The first kappa shape index (κ1) is 17.7. The van der Waals surface area contributed by atoms with Crippen molar-refractivity contribution in [3.63, 3.8) is 0 Å². The van der Waals surface area contributed by atoms with Crippen molar-refractivity contribution in [2.24, 2.45) is 0 Å². The Bertz CT molecular complexity index is 913. The highest BCUT2D eigenvalue weighted by Crippen LogP contribution is 2.36. The van der Waals surface area contributed by atoms with Crippen LogP contribution < -0.4 is 9.80 Å². The van der Waals surface area contributed by atoms with Crippen LogP contribution in [0.5, 0.6) is 0 Å². The third kappa shape index (κ3) is 3.07. The number of hydrogen-bond donors (Lipinski definition) is 1. The van der Waals surface area contributed by atoms with Crippen molar-refractivity contribution in [2.75, 3.05) is 48.8 Å². The minimum atomic E-state index is -3.20. The van der Waals surface area contributed by atoms with Crippen LogP contribution in [0, 0.1) is 0 Å². The lowest BCUT2D eigenvalue weighted by molar-refractivity contribution is 0.206. The zero-order valence-electron chi connectivity index (χ0n) is 15.8. The van der Waals surface area contributed by atoms with E-state index in [4.69, 9.17) is 0 Å². The Kier molecular flexibility index (Phi) is 4.19. The zero-order chi connectivity index (χ0) is 18.5. The Morgan fingerprint density at radius 1 is 1.04 bits per heavy atom. The second-order valence-electron chi connectivity index (χ2n) is 8.17. The van der Waals surface area contributed by atoms with Crippen molar-refractivity contribution < 1.29 is 8.42 Å². The minimum absolute atomic E-state index is 0.432. The number of aromatic amines is 1. The molecule has 2 aliphatic rings. The van der Waals surface area contributed by atoms with E-state index >= 15 is 0 Å². The number of benzene rings is 1. The number of H-pyrrole nitrogens is 1. The summed E-state index contributed by atoms with van der Waals surface area (Å²) in [4.78, 5) is 8.15. The van der Waals surface area contributed by atoms with Crippen molar-refractivity contribution in [3.05, 3.63) is 24.4 Å². The van der Waals surface area contributed by atoms with E-state index in [1.54, 1.807) is 4.31 Å². The predicted octanol–water partition coefficient (Wildman–Crippen LogP) is 2.63. The topological polar surface area (TPSA) is 59.6 Å². The Balaban J connectivity index is 1.71. The predicted molar refractivity (Wildman–Crippen MR) is 108 cm³/mol. The van der Waals surface area contributed by atoms with Crippen LogP contribution in [0.25, 0.3) is 10.9 Å². The van der Waals surface area contributed by atoms with E-state index in [1.165, 1.54) is 35.9 Å². The third-order valence-electron chi connectivity index (χ3n) is 5.67. The van der Waals surface area contributed by atoms with Crippen molar-refractivity contribution >= 4 is 32.3 Å². The van der Waals surface area contributed by atoms with E-state index in [2.05, 4.69) is 33.0 Å². The first-order valence-electron chi connectivity index (χ1n) is 9.35. The summed E-state index contributed by atoms with van der Waals surface area (Å²) in [5.74, 6) is 0. The smallest absolute Gasteiger partial charge is 0.211 e. The number of nitrogens with zero attached hydrogens (tertiary/aromatic N) is 3. The quantitative estimate of drug-likeness (QED) is 0.895. The van der Waals surface area contributed by atoms with Gasteiger partial charge in [-0.3, -0.25) is 0 Å². The zero-order valence-corrected chi connectivity index (χ0v) is 16.6. The van der Waals surface area contributed by atoms with E-state index in [9.17, 15) is 8.42 Å². The maximum absolute atomic E-state index is 12.1. The van der Waals surface area contributed by atoms with Gasteiger partial charge in [0, 0.05) is 66.7 Å². The van der Waals surface area contributed by atoms with Crippen LogP contribution in [-0.2, 0) is 10.0 Å². The summed E-state index contributed by atoms with van der Waals surface area (Å²) < 4.78 is 25.9. The van der Waals surface area contributed by atoms with Crippen LogP contribution in [0.4, 0.5) is 11.4 Å². The van der Waals surface area contributed by atoms with Gasteiger partial charge in [-0.2, -0.15) is 4.31 Å². The molecule has 4 rings (SSSR count). The SMILES string of the molecule is CC1(C)CN(c2cc(N3CCCC3)cc3[nH]ccc23)CCN1S(C)(=O)=O. The number of piperazine rings is 1. The van der Waals surface area contributed by atoms with Crippen LogP contribution in [0.2, 0.25) is 0 Å². The van der Waals surface area contributed by atoms with Gasteiger partial charge in [-0.15, -0.1) is 0 Å². The summed E-state index contributed by atoms with van der Waals surface area (Å²) in [7, 11) is -3.20. The molecule has 6 nitrogen and oxygen atoms in total. The molecule has 26 heavy (non-hydrogen) atoms. The lowest BCUT2D eigenvalue weighted by Gasteiger charge is -2.46. The fraction of sp³-hybridized carbons (Fsp3) is 0.579. The van der Waals surface area contributed by atoms with Crippen molar-refractivity contribution in [2.45, 2.75) is 32.2 Å². The summed E-state index contributed by atoms with van der Waals surface area (Å²) in [6.45, 7) is 8.16. The number of rotatable bonds is 3. The fourth-order valence-electron chi connectivity index (χ4n) is 4.51. The molecule has 2 fully saturated rings. The maximum atomic E-state index is 12.1. The van der Waals surface area contributed by atoms with Gasteiger partial charge in [0.15, 0.2) is 0 Å². The number of hydrogen-bond acceptors (Lipinski definition) is 4. The molecule has 7 heteroatoms. The molecule has 2 saturated heterocycles. The molecule has 1 aromatic carbocycles. The number of nitrogens with one attached hydrogen (secondary N) is 1. The van der Waals surface area contributed by atoms with Gasteiger partial charge in [0.05, 0.1) is 6.26 Å². The molecule has 0 spiro atoms. The number of aromatic nitrogens is 1. The fourth-order valence-corrected chi connectivity index (χ4v) is 5.88. The first-order valence-corrected chi connectivity index (χ1v) is 11.2. The molecule has 0 amide bonds. The summed E-state index contributed by atoms with van der Waals surface area (Å²) in [5.41, 5.74) is 3.17. The van der Waals surface area contributed by atoms with E-state index in [0.717, 1.165) is 18.6 Å². The van der Waals surface area contributed by atoms with E-state index in [1.807, 2.05) is 20.0 Å². The molecular weight excluding hydrogens is 348 g/mol. The summed E-state index contributed by atoms with van der Waals surface area (Å²) in [5, 5.41) is 1.21. The van der Waals surface area contributed by atoms with Crippen molar-refractivity contribution in [1.29, 1.82) is 0 Å². The van der Waals surface area contributed by atoms with Crippen LogP contribution >= 0.6 is 0 Å². The van der Waals surface area contributed by atoms with Crippen LogP contribution in [0.1, 0.15) is 26.7 Å². The van der Waals surface area contributed by atoms with Gasteiger partial charge >= 0.3 is 0 Å². The average Bonchev–Trinajstić information content (AvgIpc) is 3.22. The molecule has 1 N–H and O–H groups in total. The lowest BCUT2D eigenvalue weighted by atomic mass is 10.0. The van der Waals surface area contributed by atoms with Gasteiger partial charge in [-0.25, -0.2) is 8.42 Å². The third-order valence-corrected chi connectivity index (χ3v) is 7.15. The standard InChI is InChI=1S/C19H28N4O2S/c1-19(2)14-22(10-11-23(19)26(3,24)25)18-13-15(21-8-4-5-9-21)12-17-16(18)6-7-20-17/h6-7,12-13,20H,4-5,8-11,14H2,1-3H3. The number of fused-ring (bicyclic) bond motifs is 1. The largest absolute Gasteiger partial charge is 0.371 e. The van der Waals surface area contributed by atoms with Crippen molar-refractivity contribution in [1.82, 2.24) is 9.29 Å². The Morgan fingerprint density at radius 3 is 2.42 bits per heavy atom. The minimum Gasteiger partial charge on any atom is -0.371 e. The Labute approximate surface area is 155 Å². The Morgan fingerprint density at radius 2 is 1.77 bits per heavy atom. The van der Waals surface area contributed by atoms with Gasteiger partial charge in [-0.05, 0) is 44.9 Å². The highest BCUT2D eigenvalue weighted by Gasteiger charge is 2.39. The van der Waals surface area contributed by atoms with Crippen molar-refractivity contribution in [3.8, 4) is 0 Å². The molecule has 1 aromatic heterocycles. The lowest BCUT2D eigenvalue weighted by Crippen LogP contribution is -2.60. The molecule has 2 aromatic rings. The highest BCUT2D eigenvalue weighted by atomic mass is 32.2. The molecule has 0 radical (unpaired) electrons. The van der Waals surface area contributed by atoms with E-state index < -0.39 is 15.6 Å². The van der Waals surface area contributed by atoms with Gasteiger partial charge in [-0.1, -0.05) is 0 Å². The molecule has 0 saturated carbocycles. The highest BCUT2D eigenvalue weighted by molar-refractivity contribution is 7.88. The molecule has 0 unspecified atom stereocenters. The molecule has 3 heterocycles. The summed E-state index contributed by atoms with van der Waals surface area (Å²) in [6, 6.07) is 6.64.